The molecule has 0 bridgehead atoms. The lowest BCUT2D eigenvalue weighted by Gasteiger charge is -2.10. The largest absolute Gasteiger partial charge is 0.490 e. The molecule has 0 radical (unpaired) electrons. The number of hydrogen-bond acceptors (Lipinski definition) is 4. The highest BCUT2D eigenvalue weighted by Gasteiger charge is 2.03. The topological polar surface area (TPSA) is 73.6 Å². The number of amides is 1. The van der Waals surface area contributed by atoms with Crippen LogP contribution in [-0.2, 0) is 0 Å². The summed E-state index contributed by atoms with van der Waals surface area (Å²) in [5, 5.41) is 0. The standard InChI is InChI=1S/C16H18N2O3/c1-12-4-2-3-5-15(12)21-11-10-20-14-8-6-13(7-9-14)16(19)18-17/h2-9H,10-11,17H2,1H3,(H,18,19). The number of carbonyl (C=O) groups is 1. The Labute approximate surface area is 123 Å². The maximum atomic E-state index is 11.3. The third-order valence-corrected chi connectivity index (χ3v) is 2.95. The normalized spacial score (nSPS) is 10.0. The minimum absolute atomic E-state index is 0.329. The molecule has 5 heteroatoms. The van der Waals surface area contributed by atoms with Crippen molar-refractivity contribution in [1.29, 1.82) is 0 Å². The lowest BCUT2D eigenvalue weighted by Crippen LogP contribution is -2.29. The maximum Gasteiger partial charge on any atom is 0.265 e. The molecule has 0 aliphatic rings. The fraction of sp³-hybridized carbons (Fsp3) is 0.188. The fourth-order valence-electron chi connectivity index (χ4n) is 1.82. The molecule has 0 heterocycles. The minimum atomic E-state index is -0.329. The molecule has 5 nitrogen and oxygen atoms in total. The van der Waals surface area contributed by atoms with Crippen LogP contribution in [0.1, 0.15) is 15.9 Å². The molecule has 0 saturated heterocycles. The number of benzene rings is 2. The number of carbonyl (C=O) groups excluding carboxylic acids is 1. The van der Waals surface area contributed by atoms with Crippen LogP contribution < -0.4 is 20.7 Å². The quantitative estimate of drug-likeness (QED) is 0.369. The smallest absolute Gasteiger partial charge is 0.265 e. The average molecular weight is 286 g/mol. The van der Waals surface area contributed by atoms with Crippen LogP contribution in [0.5, 0.6) is 11.5 Å². The monoisotopic (exact) mass is 286 g/mol. The number of aryl methyl sites for hydroxylation is 1. The van der Waals surface area contributed by atoms with Crippen molar-refractivity contribution in [2.45, 2.75) is 6.92 Å². The summed E-state index contributed by atoms with van der Waals surface area (Å²) in [6.07, 6.45) is 0. The summed E-state index contributed by atoms with van der Waals surface area (Å²) in [5.74, 6) is 6.27. The van der Waals surface area contributed by atoms with Crippen LogP contribution in [0, 0.1) is 6.92 Å². The van der Waals surface area contributed by atoms with Crippen molar-refractivity contribution < 1.29 is 14.3 Å². The fourth-order valence-corrected chi connectivity index (χ4v) is 1.82. The molecule has 110 valence electrons. The number of rotatable bonds is 6. The Bertz CT molecular complexity index is 597. The van der Waals surface area contributed by atoms with Crippen molar-refractivity contribution in [3.8, 4) is 11.5 Å². The van der Waals surface area contributed by atoms with Crippen LogP contribution >= 0.6 is 0 Å². The van der Waals surface area contributed by atoms with Gasteiger partial charge in [-0.1, -0.05) is 18.2 Å². The van der Waals surface area contributed by atoms with E-state index >= 15 is 0 Å². The zero-order valence-electron chi connectivity index (χ0n) is 11.8. The molecule has 2 aromatic rings. The van der Waals surface area contributed by atoms with Crippen LogP contribution in [0.4, 0.5) is 0 Å². The lowest BCUT2D eigenvalue weighted by atomic mass is 10.2. The Hall–Kier alpha value is -2.53. The van der Waals surface area contributed by atoms with Gasteiger partial charge in [-0.15, -0.1) is 0 Å². The molecule has 2 aromatic carbocycles. The number of nitrogens with one attached hydrogen (secondary N) is 1. The molecule has 0 atom stereocenters. The zero-order chi connectivity index (χ0) is 15.1. The Morgan fingerprint density at radius 3 is 2.38 bits per heavy atom. The molecule has 0 aliphatic carbocycles. The molecule has 0 unspecified atom stereocenters. The highest BCUT2D eigenvalue weighted by molar-refractivity contribution is 5.93. The van der Waals surface area contributed by atoms with Gasteiger partial charge in [0.05, 0.1) is 0 Å². The van der Waals surface area contributed by atoms with Gasteiger partial charge in [-0.3, -0.25) is 10.2 Å². The van der Waals surface area contributed by atoms with Gasteiger partial charge < -0.3 is 9.47 Å². The summed E-state index contributed by atoms with van der Waals surface area (Å²) < 4.78 is 11.2. The Morgan fingerprint density at radius 2 is 1.71 bits per heavy atom. The first-order chi connectivity index (χ1) is 10.2. The first kappa shape index (κ1) is 14.9. The second kappa shape index (κ2) is 7.31. The van der Waals surface area contributed by atoms with E-state index in [1.165, 1.54) is 0 Å². The Morgan fingerprint density at radius 1 is 1.05 bits per heavy atom. The molecule has 21 heavy (non-hydrogen) atoms. The van der Waals surface area contributed by atoms with Gasteiger partial charge in [0.15, 0.2) is 0 Å². The summed E-state index contributed by atoms with van der Waals surface area (Å²) in [7, 11) is 0. The Balaban J connectivity index is 1.79. The van der Waals surface area contributed by atoms with Crippen LogP contribution in [0.2, 0.25) is 0 Å². The highest BCUT2D eigenvalue weighted by Crippen LogP contribution is 2.16. The van der Waals surface area contributed by atoms with E-state index in [0.29, 0.717) is 24.5 Å². The Kier molecular flexibility index (Phi) is 5.17. The van der Waals surface area contributed by atoms with E-state index in [0.717, 1.165) is 11.3 Å². The van der Waals surface area contributed by atoms with Crippen LogP contribution in [0.25, 0.3) is 0 Å². The van der Waals surface area contributed by atoms with Gasteiger partial charge in [-0.25, -0.2) is 5.84 Å². The van der Waals surface area contributed by atoms with Crippen molar-refractivity contribution in [2.75, 3.05) is 13.2 Å². The summed E-state index contributed by atoms with van der Waals surface area (Å²) in [4.78, 5) is 11.3. The van der Waals surface area contributed by atoms with Gasteiger partial charge in [0.1, 0.15) is 24.7 Å². The summed E-state index contributed by atoms with van der Waals surface area (Å²) in [6.45, 7) is 2.88. The first-order valence-corrected chi connectivity index (χ1v) is 6.63. The molecular weight excluding hydrogens is 268 g/mol. The van der Waals surface area contributed by atoms with Gasteiger partial charge in [0, 0.05) is 5.56 Å². The predicted molar refractivity (Wildman–Crippen MR) is 80.3 cm³/mol. The van der Waals surface area contributed by atoms with Gasteiger partial charge in [-0.05, 0) is 42.8 Å². The summed E-state index contributed by atoms with van der Waals surface area (Å²) >= 11 is 0. The average Bonchev–Trinajstić information content (AvgIpc) is 2.53. The highest BCUT2D eigenvalue weighted by atomic mass is 16.5. The van der Waals surface area contributed by atoms with Crippen LogP contribution in [0.3, 0.4) is 0 Å². The molecule has 1 amide bonds. The van der Waals surface area contributed by atoms with E-state index in [1.54, 1.807) is 24.3 Å². The molecule has 0 spiro atoms. The second-order valence-corrected chi connectivity index (χ2v) is 4.46. The van der Waals surface area contributed by atoms with E-state index in [2.05, 4.69) is 5.43 Å². The van der Waals surface area contributed by atoms with Gasteiger partial charge in [0.25, 0.3) is 5.91 Å². The number of hydrogen-bond donors (Lipinski definition) is 2. The van der Waals surface area contributed by atoms with Gasteiger partial charge in [0.2, 0.25) is 0 Å². The number of para-hydroxylation sites is 1. The van der Waals surface area contributed by atoms with Crippen molar-refractivity contribution in [3.05, 3.63) is 59.7 Å². The molecule has 0 fully saturated rings. The van der Waals surface area contributed by atoms with E-state index in [-0.39, 0.29) is 5.91 Å². The number of ether oxygens (including phenoxy) is 2. The van der Waals surface area contributed by atoms with Gasteiger partial charge in [-0.2, -0.15) is 0 Å². The molecule has 3 N–H and O–H groups in total. The van der Waals surface area contributed by atoms with Crippen molar-refractivity contribution in [1.82, 2.24) is 5.43 Å². The molecule has 2 rings (SSSR count). The summed E-state index contributed by atoms with van der Waals surface area (Å²) in [5.41, 5.74) is 3.66. The van der Waals surface area contributed by atoms with Crippen LogP contribution in [0.15, 0.2) is 48.5 Å². The number of nitrogen functional groups attached to an aromatic ring is 1. The predicted octanol–water partition coefficient (Wildman–Crippen LogP) is 2.06. The third-order valence-electron chi connectivity index (χ3n) is 2.95. The van der Waals surface area contributed by atoms with E-state index < -0.39 is 0 Å². The molecular formula is C16H18N2O3. The number of hydrazine groups is 1. The lowest BCUT2D eigenvalue weighted by molar-refractivity contribution is 0.0953. The summed E-state index contributed by atoms with van der Waals surface area (Å²) in [6, 6.07) is 14.6. The van der Waals surface area contributed by atoms with Crippen molar-refractivity contribution in [3.63, 3.8) is 0 Å². The van der Waals surface area contributed by atoms with E-state index in [9.17, 15) is 4.79 Å². The van der Waals surface area contributed by atoms with Crippen molar-refractivity contribution in [2.24, 2.45) is 5.84 Å². The van der Waals surface area contributed by atoms with Crippen LogP contribution in [-0.4, -0.2) is 19.1 Å². The number of nitrogens with two attached hydrogens (primary N) is 1. The van der Waals surface area contributed by atoms with Gasteiger partial charge >= 0.3 is 0 Å². The SMILES string of the molecule is Cc1ccccc1OCCOc1ccc(C(=O)NN)cc1. The first-order valence-electron chi connectivity index (χ1n) is 6.63. The molecule has 0 saturated carbocycles. The van der Waals surface area contributed by atoms with Crippen molar-refractivity contribution >= 4 is 5.91 Å². The zero-order valence-corrected chi connectivity index (χ0v) is 11.8. The minimum Gasteiger partial charge on any atom is -0.490 e. The third kappa shape index (κ3) is 4.22. The maximum absolute atomic E-state index is 11.3. The molecule has 0 aliphatic heterocycles. The molecule has 0 aromatic heterocycles. The van der Waals surface area contributed by atoms with E-state index in [4.69, 9.17) is 15.3 Å². The second-order valence-electron chi connectivity index (χ2n) is 4.46. The van der Waals surface area contributed by atoms with E-state index in [1.807, 2.05) is 31.2 Å².